The van der Waals surface area contributed by atoms with Crippen molar-refractivity contribution in [2.24, 2.45) is 0 Å². The van der Waals surface area contributed by atoms with E-state index in [-0.39, 0.29) is 11.9 Å². The number of hydrogen-bond donors (Lipinski definition) is 0. The van der Waals surface area contributed by atoms with E-state index in [1.807, 2.05) is 31.2 Å². The lowest BCUT2D eigenvalue weighted by Gasteiger charge is -2.23. The third kappa shape index (κ3) is 2.55. The molecule has 0 aliphatic rings. The molecule has 0 spiro atoms. The zero-order valence-electron chi connectivity index (χ0n) is 11.0. The van der Waals surface area contributed by atoms with Gasteiger partial charge in [-0.3, -0.25) is 9.78 Å². The lowest BCUT2D eigenvalue weighted by molar-refractivity contribution is 0.0748. The third-order valence-electron chi connectivity index (χ3n) is 3.23. The number of carbonyl (C=O) groups excluding carboxylic acids is 1. The Bertz CT molecular complexity index is 640. The molecule has 1 atom stereocenters. The van der Waals surface area contributed by atoms with E-state index in [9.17, 15) is 4.79 Å². The van der Waals surface area contributed by atoms with E-state index in [4.69, 9.17) is 5.26 Å². The van der Waals surface area contributed by atoms with Crippen LogP contribution in [0.25, 0.3) is 10.9 Å². The van der Waals surface area contributed by atoms with E-state index in [0.29, 0.717) is 17.5 Å². The number of fused-ring (bicyclic) bond motifs is 1. The number of hydrogen-bond acceptors (Lipinski definition) is 3. The first kappa shape index (κ1) is 13.0. The molecule has 0 aliphatic carbocycles. The van der Waals surface area contributed by atoms with Gasteiger partial charge in [-0.15, -0.1) is 0 Å². The number of nitriles is 1. The van der Waals surface area contributed by atoms with Gasteiger partial charge >= 0.3 is 0 Å². The Hall–Kier alpha value is -2.41. The number of pyridine rings is 1. The molecule has 1 aromatic carbocycles. The molecule has 4 nitrogen and oxygen atoms in total. The summed E-state index contributed by atoms with van der Waals surface area (Å²) < 4.78 is 0. The van der Waals surface area contributed by atoms with Gasteiger partial charge < -0.3 is 4.90 Å². The van der Waals surface area contributed by atoms with Gasteiger partial charge in [0.1, 0.15) is 0 Å². The van der Waals surface area contributed by atoms with Crippen LogP contribution in [-0.2, 0) is 0 Å². The van der Waals surface area contributed by atoms with Crippen LogP contribution >= 0.6 is 0 Å². The maximum Gasteiger partial charge on any atom is 0.256 e. The Morgan fingerprint density at radius 2 is 2.16 bits per heavy atom. The minimum Gasteiger partial charge on any atom is -0.338 e. The lowest BCUT2D eigenvalue weighted by atomic mass is 10.1. The van der Waals surface area contributed by atoms with Crippen LogP contribution < -0.4 is 0 Å². The minimum absolute atomic E-state index is 0.105. The summed E-state index contributed by atoms with van der Waals surface area (Å²) in [6.07, 6.45) is 2.00. The molecule has 1 aromatic heterocycles. The van der Waals surface area contributed by atoms with Gasteiger partial charge in [0.05, 0.1) is 23.6 Å². The fraction of sp³-hybridized carbons (Fsp3) is 0.267. The summed E-state index contributed by atoms with van der Waals surface area (Å²) >= 11 is 0. The van der Waals surface area contributed by atoms with E-state index in [0.717, 1.165) is 5.39 Å². The van der Waals surface area contributed by atoms with Gasteiger partial charge in [-0.2, -0.15) is 5.26 Å². The fourth-order valence-corrected chi connectivity index (χ4v) is 1.94. The molecule has 2 rings (SSSR count). The smallest absolute Gasteiger partial charge is 0.256 e. The average Bonchev–Trinajstić information content (AvgIpc) is 2.45. The first-order valence-electron chi connectivity index (χ1n) is 6.13. The second-order valence-corrected chi connectivity index (χ2v) is 4.51. The number of amides is 1. The van der Waals surface area contributed by atoms with E-state index in [1.54, 1.807) is 24.2 Å². The quantitative estimate of drug-likeness (QED) is 0.844. The maximum atomic E-state index is 12.5. The van der Waals surface area contributed by atoms with Gasteiger partial charge in [0.15, 0.2) is 0 Å². The number of aromatic nitrogens is 1. The molecule has 4 heteroatoms. The van der Waals surface area contributed by atoms with Crippen molar-refractivity contribution in [1.29, 1.82) is 5.26 Å². The van der Waals surface area contributed by atoms with Crippen LogP contribution in [0.15, 0.2) is 36.5 Å². The molecule has 0 bridgehead atoms. The number of carbonyl (C=O) groups is 1. The van der Waals surface area contributed by atoms with Gasteiger partial charge in [0.2, 0.25) is 0 Å². The normalized spacial score (nSPS) is 11.8. The molecule has 96 valence electrons. The minimum atomic E-state index is -0.114. The van der Waals surface area contributed by atoms with Crippen molar-refractivity contribution in [2.45, 2.75) is 19.4 Å². The molecule has 2 aromatic rings. The number of rotatable bonds is 3. The Morgan fingerprint density at radius 1 is 1.42 bits per heavy atom. The highest BCUT2D eigenvalue weighted by molar-refractivity contribution is 6.05. The van der Waals surface area contributed by atoms with Crippen LogP contribution in [0.2, 0.25) is 0 Å². The highest BCUT2D eigenvalue weighted by atomic mass is 16.2. The number of nitrogens with zero attached hydrogens (tertiary/aromatic N) is 3. The van der Waals surface area contributed by atoms with Crippen LogP contribution in [0.4, 0.5) is 0 Å². The van der Waals surface area contributed by atoms with Gasteiger partial charge in [-0.1, -0.05) is 18.2 Å². The average molecular weight is 253 g/mol. The summed E-state index contributed by atoms with van der Waals surface area (Å²) in [5.74, 6) is -0.105. The van der Waals surface area contributed by atoms with E-state index in [1.165, 1.54) is 0 Å². The van der Waals surface area contributed by atoms with Crippen molar-refractivity contribution in [3.8, 4) is 6.07 Å². The Kier molecular flexibility index (Phi) is 3.76. The van der Waals surface area contributed by atoms with Crippen LogP contribution in [0.1, 0.15) is 23.7 Å². The standard InChI is InChI=1S/C15H15N3O/c1-11(8-9-16)18(2)15(19)13-7-3-5-12-6-4-10-17-14(12)13/h3-7,10-11H,8H2,1-2H3. The molecular formula is C15H15N3O. The van der Waals surface area contributed by atoms with Crippen molar-refractivity contribution in [3.63, 3.8) is 0 Å². The molecule has 0 fully saturated rings. The highest BCUT2D eigenvalue weighted by Gasteiger charge is 2.19. The van der Waals surface area contributed by atoms with E-state index in [2.05, 4.69) is 11.1 Å². The van der Waals surface area contributed by atoms with Crippen LogP contribution in [0.5, 0.6) is 0 Å². The number of para-hydroxylation sites is 1. The molecule has 0 radical (unpaired) electrons. The SMILES string of the molecule is CC(CC#N)N(C)C(=O)c1cccc2cccnc12. The second kappa shape index (κ2) is 5.49. The Balaban J connectivity index is 2.39. The Labute approximate surface area is 112 Å². The summed E-state index contributed by atoms with van der Waals surface area (Å²) in [6, 6.07) is 11.3. The van der Waals surface area contributed by atoms with Crippen LogP contribution in [0.3, 0.4) is 0 Å². The van der Waals surface area contributed by atoms with E-state index >= 15 is 0 Å². The third-order valence-corrected chi connectivity index (χ3v) is 3.23. The zero-order chi connectivity index (χ0) is 13.8. The van der Waals surface area contributed by atoms with Crippen molar-refractivity contribution in [2.75, 3.05) is 7.05 Å². The maximum absolute atomic E-state index is 12.5. The van der Waals surface area contributed by atoms with Crippen molar-refractivity contribution in [1.82, 2.24) is 9.88 Å². The topological polar surface area (TPSA) is 57.0 Å². The molecule has 1 heterocycles. The van der Waals surface area contributed by atoms with Gasteiger partial charge in [0.25, 0.3) is 5.91 Å². The summed E-state index contributed by atoms with van der Waals surface area (Å²) in [7, 11) is 1.71. The van der Waals surface area contributed by atoms with Gasteiger partial charge in [-0.05, 0) is 19.1 Å². The van der Waals surface area contributed by atoms with Crippen molar-refractivity contribution >= 4 is 16.8 Å². The fourth-order valence-electron chi connectivity index (χ4n) is 1.94. The Morgan fingerprint density at radius 3 is 2.89 bits per heavy atom. The first-order chi connectivity index (χ1) is 9.15. The summed E-state index contributed by atoms with van der Waals surface area (Å²) in [5.41, 5.74) is 1.27. The first-order valence-corrected chi connectivity index (χ1v) is 6.13. The summed E-state index contributed by atoms with van der Waals surface area (Å²) in [4.78, 5) is 18.3. The lowest BCUT2D eigenvalue weighted by Crippen LogP contribution is -2.35. The van der Waals surface area contributed by atoms with Gasteiger partial charge in [-0.25, -0.2) is 0 Å². The van der Waals surface area contributed by atoms with Crippen LogP contribution in [0, 0.1) is 11.3 Å². The summed E-state index contributed by atoms with van der Waals surface area (Å²) in [5, 5.41) is 9.65. The predicted molar refractivity (Wildman–Crippen MR) is 73.5 cm³/mol. The zero-order valence-corrected chi connectivity index (χ0v) is 11.0. The number of benzene rings is 1. The molecule has 1 unspecified atom stereocenters. The second-order valence-electron chi connectivity index (χ2n) is 4.51. The molecule has 0 aliphatic heterocycles. The molecule has 1 amide bonds. The van der Waals surface area contributed by atoms with E-state index < -0.39 is 0 Å². The largest absolute Gasteiger partial charge is 0.338 e. The van der Waals surface area contributed by atoms with Gasteiger partial charge in [0, 0.05) is 24.7 Å². The monoisotopic (exact) mass is 253 g/mol. The van der Waals surface area contributed by atoms with Crippen LogP contribution in [-0.4, -0.2) is 28.9 Å². The van der Waals surface area contributed by atoms with Crippen molar-refractivity contribution < 1.29 is 4.79 Å². The predicted octanol–water partition coefficient (Wildman–Crippen LogP) is 2.61. The molecule has 0 N–H and O–H groups in total. The molecular weight excluding hydrogens is 238 g/mol. The highest BCUT2D eigenvalue weighted by Crippen LogP contribution is 2.18. The summed E-state index contributed by atoms with van der Waals surface area (Å²) in [6.45, 7) is 1.86. The molecule has 0 saturated carbocycles. The van der Waals surface area contributed by atoms with Crippen molar-refractivity contribution in [3.05, 3.63) is 42.1 Å². The molecule has 0 saturated heterocycles. The molecule has 19 heavy (non-hydrogen) atoms.